The van der Waals surface area contributed by atoms with Gasteiger partial charge in [-0.1, -0.05) is 48.0 Å². The van der Waals surface area contributed by atoms with Crippen LogP contribution in [-0.2, 0) is 16.6 Å². The zero-order valence-corrected chi connectivity index (χ0v) is 22.5. The number of rotatable bonds is 7. The zero-order chi connectivity index (χ0) is 28.6. The van der Waals surface area contributed by atoms with Gasteiger partial charge in [0.1, 0.15) is 22.2 Å². The number of amides is 3. The van der Waals surface area contributed by atoms with Gasteiger partial charge in [-0.2, -0.15) is 0 Å². The monoisotopic (exact) mass is 557 g/mol. The van der Waals surface area contributed by atoms with E-state index in [0.717, 1.165) is 4.90 Å². The van der Waals surface area contributed by atoms with E-state index in [1.807, 2.05) is 18.2 Å². The van der Waals surface area contributed by atoms with E-state index in [4.69, 9.17) is 16.3 Å². The SMILES string of the molecule is COc1ccccc1N1C(=O)C(Cl)=C(Nc2cccc(C(=O)Nc3c(C)n(C)n(-c4ccccc4)c3=O)c2)C1=O. The van der Waals surface area contributed by atoms with Gasteiger partial charge in [0.05, 0.1) is 24.2 Å². The number of methoxy groups -OCH3 is 1. The van der Waals surface area contributed by atoms with E-state index in [2.05, 4.69) is 10.6 Å². The Hall–Kier alpha value is -5.09. The van der Waals surface area contributed by atoms with Crippen molar-refractivity contribution in [1.82, 2.24) is 9.36 Å². The number of aromatic nitrogens is 2. The molecule has 0 radical (unpaired) electrons. The topological polar surface area (TPSA) is 115 Å². The second kappa shape index (κ2) is 10.6. The molecule has 0 saturated heterocycles. The van der Waals surface area contributed by atoms with Crippen LogP contribution in [0.5, 0.6) is 5.75 Å². The molecule has 0 aliphatic carbocycles. The molecule has 10 nitrogen and oxygen atoms in total. The number of hydrogen-bond acceptors (Lipinski definition) is 6. The first kappa shape index (κ1) is 26.5. The fraction of sp³-hybridized carbons (Fsp3) is 0.103. The summed E-state index contributed by atoms with van der Waals surface area (Å²) in [6.45, 7) is 1.74. The minimum absolute atomic E-state index is 0.139. The Morgan fingerprint density at radius 1 is 0.900 bits per heavy atom. The minimum atomic E-state index is -0.707. The van der Waals surface area contributed by atoms with E-state index in [9.17, 15) is 19.2 Å². The molecular weight excluding hydrogens is 534 g/mol. The maximum atomic E-state index is 13.2. The number of anilines is 3. The van der Waals surface area contributed by atoms with Gasteiger partial charge < -0.3 is 15.4 Å². The summed E-state index contributed by atoms with van der Waals surface area (Å²) >= 11 is 6.27. The standard InChI is InChI=1S/C29H24ClN5O5/c1-17-24(29(39)35(33(17)2)20-12-5-4-6-13-20)32-26(36)18-10-9-11-19(16-18)31-25-23(30)27(37)34(28(25)38)21-14-7-8-15-22(21)40-3/h4-16,31H,1-3H3,(H,32,36). The third-order valence-corrected chi connectivity index (χ3v) is 6.89. The van der Waals surface area contributed by atoms with Crippen molar-refractivity contribution in [2.24, 2.45) is 7.05 Å². The van der Waals surface area contributed by atoms with Crippen molar-refractivity contribution in [1.29, 1.82) is 0 Å². The molecule has 0 bridgehead atoms. The number of halogens is 1. The summed E-state index contributed by atoms with van der Waals surface area (Å²) < 4.78 is 8.42. The molecule has 40 heavy (non-hydrogen) atoms. The zero-order valence-electron chi connectivity index (χ0n) is 21.8. The Labute approximate surface area is 234 Å². The van der Waals surface area contributed by atoms with Crippen molar-refractivity contribution < 1.29 is 19.1 Å². The van der Waals surface area contributed by atoms with Crippen molar-refractivity contribution in [3.63, 3.8) is 0 Å². The van der Waals surface area contributed by atoms with Crippen molar-refractivity contribution in [3.05, 3.63) is 111 Å². The Morgan fingerprint density at radius 2 is 1.60 bits per heavy atom. The molecule has 1 aliphatic heterocycles. The summed E-state index contributed by atoms with van der Waals surface area (Å²) in [6, 6.07) is 21.9. The van der Waals surface area contributed by atoms with Gasteiger partial charge in [0.2, 0.25) is 0 Å². The van der Waals surface area contributed by atoms with Crippen molar-refractivity contribution in [3.8, 4) is 11.4 Å². The summed E-state index contributed by atoms with van der Waals surface area (Å²) in [5.41, 5.74) is 1.67. The lowest BCUT2D eigenvalue weighted by molar-refractivity contribution is -0.120. The largest absolute Gasteiger partial charge is 0.495 e. The van der Waals surface area contributed by atoms with Crippen LogP contribution in [0.4, 0.5) is 17.1 Å². The number of nitrogens with zero attached hydrogens (tertiary/aromatic N) is 3. The summed E-state index contributed by atoms with van der Waals surface area (Å²) in [7, 11) is 3.16. The van der Waals surface area contributed by atoms with E-state index in [-0.39, 0.29) is 33.2 Å². The molecule has 3 aromatic carbocycles. The molecule has 0 atom stereocenters. The van der Waals surface area contributed by atoms with Crippen LogP contribution < -0.4 is 25.8 Å². The third kappa shape index (κ3) is 4.54. The van der Waals surface area contributed by atoms with E-state index in [1.165, 1.54) is 17.9 Å². The molecule has 2 N–H and O–H groups in total. The van der Waals surface area contributed by atoms with Gasteiger partial charge >= 0.3 is 0 Å². The molecule has 0 saturated carbocycles. The Balaban J connectivity index is 1.39. The fourth-order valence-electron chi connectivity index (χ4n) is 4.43. The lowest BCUT2D eigenvalue weighted by Gasteiger charge is -2.18. The highest BCUT2D eigenvalue weighted by Crippen LogP contribution is 2.35. The minimum Gasteiger partial charge on any atom is -0.495 e. The predicted molar refractivity (Wildman–Crippen MR) is 152 cm³/mol. The Kier molecular flexibility index (Phi) is 7.02. The van der Waals surface area contributed by atoms with Crippen molar-refractivity contribution >= 4 is 46.4 Å². The molecule has 1 aromatic heterocycles. The molecule has 0 fully saturated rings. The molecule has 2 heterocycles. The number of imide groups is 1. The van der Waals surface area contributed by atoms with Crippen molar-refractivity contribution in [2.45, 2.75) is 6.92 Å². The molecule has 0 unspecified atom stereocenters. The lowest BCUT2D eigenvalue weighted by atomic mass is 10.1. The number of hydrogen-bond donors (Lipinski definition) is 2. The van der Waals surface area contributed by atoms with E-state index >= 15 is 0 Å². The Bertz CT molecular complexity index is 1760. The number of ether oxygens (including phenoxy) is 1. The van der Waals surface area contributed by atoms with E-state index in [1.54, 1.807) is 73.3 Å². The third-order valence-electron chi connectivity index (χ3n) is 6.54. The highest BCUT2D eigenvalue weighted by atomic mass is 35.5. The van der Waals surface area contributed by atoms with Gasteiger partial charge in [-0.15, -0.1) is 0 Å². The second-order valence-corrected chi connectivity index (χ2v) is 9.28. The second-order valence-electron chi connectivity index (χ2n) is 8.90. The highest BCUT2D eigenvalue weighted by Gasteiger charge is 2.40. The van der Waals surface area contributed by atoms with Crippen LogP contribution in [0.3, 0.4) is 0 Å². The smallest absolute Gasteiger partial charge is 0.295 e. The molecule has 202 valence electrons. The van der Waals surface area contributed by atoms with Gasteiger partial charge in [0, 0.05) is 18.3 Å². The van der Waals surface area contributed by atoms with Crippen LogP contribution in [0.15, 0.2) is 94.4 Å². The number of nitrogens with one attached hydrogen (secondary N) is 2. The average molecular weight is 558 g/mol. The van der Waals surface area contributed by atoms with Crippen LogP contribution in [-0.4, -0.2) is 34.2 Å². The molecule has 3 amide bonds. The maximum Gasteiger partial charge on any atom is 0.295 e. The van der Waals surface area contributed by atoms with Crippen LogP contribution in [0.2, 0.25) is 0 Å². The number of carbonyl (C=O) groups is 3. The van der Waals surface area contributed by atoms with Crippen LogP contribution in [0.25, 0.3) is 5.69 Å². The summed E-state index contributed by atoms with van der Waals surface area (Å²) in [6.07, 6.45) is 0. The number of carbonyl (C=O) groups excluding carboxylic acids is 3. The van der Waals surface area contributed by atoms with Crippen LogP contribution in [0.1, 0.15) is 16.1 Å². The van der Waals surface area contributed by atoms with E-state index in [0.29, 0.717) is 22.8 Å². The highest BCUT2D eigenvalue weighted by molar-refractivity contribution is 6.53. The van der Waals surface area contributed by atoms with Crippen LogP contribution >= 0.6 is 11.6 Å². The Morgan fingerprint density at radius 3 is 2.33 bits per heavy atom. The lowest BCUT2D eigenvalue weighted by Crippen LogP contribution is -2.32. The quantitative estimate of drug-likeness (QED) is 0.329. The maximum absolute atomic E-state index is 13.2. The van der Waals surface area contributed by atoms with Gasteiger partial charge in [-0.05, 0) is 49.4 Å². The molecule has 11 heteroatoms. The van der Waals surface area contributed by atoms with Crippen molar-refractivity contribution in [2.75, 3.05) is 22.6 Å². The molecular formula is C29H24ClN5O5. The van der Waals surface area contributed by atoms with E-state index < -0.39 is 17.7 Å². The summed E-state index contributed by atoms with van der Waals surface area (Å²) in [5, 5.41) is 5.28. The van der Waals surface area contributed by atoms with Gasteiger partial charge in [-0.3, -0.25) is 23.9 Å². The van der Waals surface area contributed by atoms with Crippen LogP contribution in [0, 0.1) is 6.92 Å². The first-order chi connectivity index (χ1) is 19.2. The summed E-state index contributed by atoms with van der Waals surface area (Å²) in [4.78, 5) is 53.4. The van der Waals surface area contributed by atoms with Gasteiger partial charge in [0.25, 0.3) is 23.3 Å². The first-order valence-corrected chi connectivity index (χ1v) is 12.5. The predicted octanol–water partition coefficient (Wildman–Crippen LogP) is 4.18. The molecule has 5 rings (SSSR count). The first-order valence-electron chi connectivity index (χ1n) is 12.2. The summed E-state index contributed by atoms with van der Waals surface area (Å²) in [5.74, 6) is -1.58. The number of benzene rings is 3. The van der Waals surface area contributed by atoms with Gasteiger partial charge in [-0.25, -0.2) is 9.58 Å². The molecule has 1 aliphatic rings. The fourth-order valence-corrected chi connectivity index (χ4v) is 4.64. The molecule has 4 aromatic rings. The number of para-hydroxylation sites is 3. The van der Waals surface area contributed by atoms with Gasteiger partial charge in [0.15, 0.2) is 0 Å². The molecule has 0 spiro atoms. The average Bonchev–Trinajstić information content (AvgIpc) is 3.31. The normalized spacial score (nSPS) is 13.2.